The molecule has 0 radical (unpaired) electrons. The number of rotatable bonds is 4. The maximum Gasteiger partial charge on any atom is 0.416 e. The lowest BCUT2D eigenvalue weighted by atomic mass is 9.55. The number of benzene rings is 2. The highest BCUT2D eigenvalue weighted by Gasteiger charge is 2.58. The Morgan fingerprint density at radius 2 is 1.97 bits per heavy atom. The van der Waals surface area contributed by atoms with Crippen molar-refractivity contribution >= 4 is 5.91 Å². The number of carbonyl (C=O) groups excluding carboxylic acids is 1. The molecule has 2 aromatic carbocycles. The van der Waals surface area contributed by atoms with Crippen molar-refractivity contribution in [3.63, 3.8) is 0 Å². The second-order valence-electron chi connectivity index (χ2n) is 10.1. The lowest BCUT2D eigenvalue weighted by Crippen LogP contribution is -2.67. The number of hydrogen-bond acceptors (Lipinski definition) is 4. The first kappa shape index (κ1) is 26.8. The topological polar surface area (TPSA) is 64.0 Å². The summed E-state index contributed by atoms with van der Waals surface area (Å²) in [7, 11) is 1.67. The average Bonchev–Trinajstić information content (AvgIpc) is 2.86. The number of likely N-dealkylation sites (tertiary alicyclic amines) is 1. The van der Waals surface area contributed by atoms with Gasteiger partial charge in [-0.2, -0.15) is 13.2 Å². The Hall–Kier alpha value is -3.28. The van der Waals surface area contributed by atoms with Crippen LogP contribution in [0.1, 0.15) is 42.4 Å². The first-order valence-electron chi connectivity index (χ1n) is 12.3. The van der Waals surface area contributed by atoms with Crippen molar-refractivity contribution in [3.05, 3.63) is 77.9 Å². The molecular weight excluding hydrogens is 481 g/mol. The lowest BCUT2D eigenvalue weighted by molar-refractivity contribution is -0.143. The van der Waals surface area contributed by atoms with E-state index in [9.17, 15) is 28.2 Å². The summed E-state index contributed by atoms with van der Waals surface area (Å²) >= 11 is 0. The molecule has 8 heteroatoms. The molecule has 2 aliphatic rings. The average molecular weight is 513 g/mol. The van der Waals surface area contributed by atoms with Gasteiger partial charge in [0.15, 0.2) is 0 Å². The number of alkyl halides is 3. The molecular formula is C29H31F3N2O3. The van der Waals surface area contributed by atoms with E-state index in [-0.39, 0.29) is 11.8 Å². The minimum atomic E-state index is -4.43. The van der Waals surface area contributed by atoms with Crippen LogP contribution >= 0.6 is 0 Å². The van der Waals surface area contributed by atoms with Gasteiger partial charge in [0.25, 0.3) is 5.91 Å². The zero-order valence-electron chi connectivity index (χ0n) is 20.8. The third-order valence-corrected chi connectivity index (χ3v) is 7.89. The highest BCUT2D eigenvalue weighted by Crippen LogP contribution is 2.52. The molecule has 1 heterocycles. The highest BCUT2D eigenvalue weighted by molar-refractivity contribution is 5.94. The van der Waals surface area contributed by atoms with E-state index in [1.54, 1.807) is 30.1 Å². The van der Waals surface area contributed by atoms with Crippen molar-refractivity contribution in [3.8, 4) is 17.6 Å². The molecule has 5 nitrogen and oxygen atoms in total. The molecule has 0 unspecified atom stereocenters. The zero-order chi connectivity index (χ0) is 26.8. The molecule has 1 aliphatic heterocycles. The van der Waals surface area contributed by atoms with E-state index >= 15 is 0 Å². The summed E-state index contributed by atoms with van der Waals surface area (Å²) in [4.78, 5) is 16.7. The van der Waals surface area contributed by atoms with Crippen LogP contribution in [0.4, 0.5) is 13.2 Å². The lowest BCUT2D eigenvalue weighted by Gasteiger charge is -2.58. The van der Waals surface area contributed by atoms with E-state index in [0.29, 0.717) is 44.3 Å². The van der Waals surface area contributed by atoms with Gasteiger partial charge in [-0.05, 0) is 74.2 Å². The Balaban J connectivity index is 1.57. The van der Waals surface area contributed by atoms with Crippen LogP contribution in [0.25, 0.3) is 0 Å². The fraction of sp³-hybridized carbons (Fsp3) is 0.414. The number of phenols is 1. The van der Waals surface area contributed by atoms with Crippen LogP contribution < -0.4 is 0 Å². The van der Waals surface area contributed by atoms with Crippen molar-refractivity contribution in [1.82, 2.24) is 9.80 Å². The normalized spacial score (nSPS) is 25.9. The summed E-state index contributed by atoms with van der Waals surface area (Å²) in [6.07, 6.45) is -0.430. The number of halogens is 3. The summed E-state index contributed by atoms with van der Waals surface area (Å²) in [6.45, 7) is 5.68. The van der Waals surface area contributed by atoms with Gasteiger partial charge in [0.1, 0.15) is 5.75 Å². The van der Waals surface area contributed by atoms with E-state index in [1.807, 2.05) is 12.1 Å². The van der Waals surface area contributed by atoms with Crippen LogP contribution in [0.3, 0.4) is 0 Å². The molecule has 37 heavy (non-hydrogen) atoms. The van der Waals surface area contributed by atoms with Gasteiger partial charge in [-0.15, -0.1) is 6.58 Å². The second kappa shape index (κ2) is 10.2. The molecule has 0 bridgehead atoms. The van der Waals surface area contributed by atoms with Crippen molar-refractivity contribution in [2.24, 2.45) is 0 Å². The predicted molar refractivity (Wildman–Crippen MR) is 135 cm³/mol. The number of amides is 1. The molecule has 1 saturated heterocycles. The Bertz CT molecular complexity index is 1220. The Morgan fingerprint density at radius 1 is 1.24 bits per heavy atom. The van der Waals surface area contributed by atoms with Crippen LogP contribution in [0.2, 0.25) is 0 Å². The van der Waals surface area contributed by atoms with Gasteiger partial charge in [-0.25, -0.2) is 0 Å². The Kier molecular flexibility index (Phi) is 7.40. The van der Waals surface area contributed by atoms with Crippen molar-refractivity contribution < 1.29 is 28.2 Å². The molecule has 2 aromatic rings. The minimum Gasteiger partial charge on any atom is -0.508 e. The zero-order valence-corrected chi connectivity index (χ0v) is 20.8. The van der Waals surface area contributed by atoms with Gasteiger partial charge in [-0.1, -0.05) is 24.1 Å². The number of nitrogens with zero attached hydrogens (tertiary/aromatic N) is 2. The largest absolute Gasteiger partial charge is 0.508 e. The van der Waals surface area contributed by atoms with Crippen LogP contribution in [-0.4, -0.2) is 64.2 Å². The SMILES string of the molecule is C=CCN1CC[C@@]2(c3cccc(O)c3)C[C@@H](N(C)C(=O)C#Cc3ccc(C(F)(F)F)cc3)CC[C@]2(O)C1. The molecule has 4 rings (SSSR count). The van der Waals surface area contributed by atoms with Gasteiger partial charge < -0.3 is 15.1 Å². The third kappa shape index (κ3) is 5.39. The number of fused-ring (bicyclic) bond motifs is 1. The van der Waals surface area contributed by atoms with E-state index in [0.717, 1.165) is 24.2 Å². The first-order chi connectivity index (χ1) is 17.5. The molecule has 1 saturated carbocycles. The van der Waals surface area contributed by atoms with Gasteiger partial charge in [0.2, 0.25) is 0 Å². The molecule has 2 fully saturated rings. The van der Waals surface area contributed by atoms with E-state index < -0.39 is 28.7 Å². The minimum absolute atomic E-state index is 0.122. The molecule has 1 amide bonds. The van der Waals surface area contributed by atoms with Gasteiger partial charge in [0, 0.05) is 43.1 Å². The fourth-order valence-electron chi connectivity index (χ4n) is 5.83. The first-order valence-corrected chi connectivity index (χ1v) is 12.3. The van der Waals surface area contributed by atoms with E-state index in [4.69, 9.17) is 0 Å². The smallest absolute Gasteiger partial charge is 0.416 e. The molecule has 0 aromatic heterocycles. The molecule has 196 valence electrons. The number of aliphatic hydroxyl groups is 1. The fourth-order valence-corrected chi connectivity index (χ4v) is 5.83. The summed E-state index contributed by atoms with van der Waals surface area (Å²) in [5.41, 5.74) is -1.32. The molecule has 2 N–H and O–H groups in total. The second-order valence-corrected chi connectivity index (χ2v) is 10.1. The standard InChI is InChI=1S/C29H31F3N2O3/c1-3-16-34-17-15-27(23-5-4-6-25(35)18-23)19-24(13-14-28(27,37)20-34)33(2)26(36)12-9-21-7-10-22(11-8-21)29(30,31)32/h3-8,10-11,18,24,35,37H,1,13-17,19-20H2,2H3/t24-,27-,28-/m0/s1. The quantitative estimate of drug-likeness (QED) is 0.473. The van der Waals surface area contributed by atoms with Gasteiger partial charge in [0.05, 0.1) is 11.2 Å². The van der Waals surface area contributed by atoms with Crippen molar-refractivity contribution in [1.29, 1.82) is 0 Å². The van der Waals surface area contributed by atoms with Gasteiger partial charge in [-0.3, -0.25) is 9.69 Å². The highest BCUT2D eigenvalue weighted by atomic mass is 19.4. The number of aromatic hydroxyl groups is 1. The summed E-state index contributed by atoms with van der Waals surface area (Å²) < 4.78 is 38.4. The number of phenolic OH excluding ortho intramolecular Hbond substituents is 1. The van der Waals surface area contributed by atoms with Gasteiger partial charge >= 0.3 is 6.18 Å². The van der Waals surface area contributed by atoms with Crippen LogP contribution in [-0.2, 0) is 16.4 Å². The van der Waals surface area contributed by atoms with E-state index in [1.165, 1.54) is 12.1 Å². The Labute approximate surface area is 215 Å². The summed E-state index contributed by atoms with van der Waals surface area (Å²) in [6, 6.07) is 11.2. The number of hydrogen-bond donors (Lipinski definition) is 2. The summed E-state index contributed by atoms with van der Waals surface area (Å²) in [5.74, 6) is 4.91. The monoisotopic (exact) mass is 512 g/mol. The van der Waals surface area contributed by atoms with Crippen molar-refractivity contribution in [2.75, 3.05) is 26.7 Å². The number of β-amino-alcohol motifs (C(OH)–C–C–N with tert-alkyl or cyclic N) is 1. The van der Waals surface area contributed by atoms with Crippen molar-refractivity contribution in [2.45, 2.75) is 48.9 Å². The number of piperidine rings is 1. The van der Waals surface area contributed by atoms with E-state index in [2.05, 4.69) is 23.3 Å². The van der Waals surface area contributed by atoms with Crippen LogP contribution in [0.5, 0.6) is 5.75 Å². The third-order valence-electron chi connectivity index (χ3n) is 7.89. The predicted octanol–water partition coefficient (Wildman–Crippen LogP) is 4.33. The van der Waals surface area contributed by atoms with Crippen LogP contribution in [0, 0.1) is 11.8 Å². The molecule has 1 aliphatic carbocycles. The number of carbonyl (C=O) groups is 1. The molecule has 3 atom stereocenters. The summed E-state index contributed by atoms with van der Waals surface area (Å²) in [5, 5.41) is 22.2. The van der Waals surface area contributed by atoms with Crippen LogP contribution in [0.15, 0.2) is 61.2 Å². The Morgan fingerprint density at radius 3 is 2.62 bits per heavy atom. The molecule has 0 spiro atoms. The maximum atomic E-state index is 13.0. The maximum absolute atomic E-state index is 13.0.